The molecule has 0 aromatic carbocycles. The van der Waals surface area contributed by atoms with E-state index in [4.69, 9.17) is 16.9 Å². The molecule has 24 heavy (non-hydrogen) atoms. The molecule has 1 N–H and O–H groups in total. The summed E-state index contributed by atoms with van der Waals surface area (Å²) in [6.45, 7) is 4.60. The van der Waals surface area contributed by atoms with Crippen molar-refractivity contribution >= 4 is 23.2 Å². The van der Waals surface area contributed by atoms with Crippen LogP contribution < -0.4 is 10.2 Å². The second-order valence-corrected chi connectivity index (χ2v) is 6.18. The van der Waals surface area contributed by atoms with Gasteiger partial charge in [-0.25, -0.2) is 9.97 Å². The highest BCUT2D eigenvalue weighted by Gasteiger charge is 2.17. The molecule has 2 aromatic rings. The predicted molar refractivity (Wildman–Crippen MR) is 95.2 cm³/mol. The van der Waals surface area contributed by atoms with E-state index in [1.807, 2.05) is 18.3 Å². The highest BCUT2D eigenvalue weighted by Crippen LogP contribution is 2.21. The Kier molecular flexibility index (Phi) is 5.14. The molecule has 124 valence electrons. The maximum Gasteiger partial charge on any atom is 0.161 e. The van der Waals surface area contributed by atoms with E-state index in [0.717, 1.165) is 37.6 Å². The fourth-order valence-electron chi connectivity index (χ4n) is 2.68. The van der Waals surface area contributed by atoms with Crippen molar-refractivity contribution in [3.63, 3.8) is 0 Å². The van der Waals surface area contributed by atoms with Crippen LogP contribution in [0.15, 0.2) is 30.5 Å². The van der Waals surface area contributed by atoms with E-state index in [-0.39, 0.29) is 5.69 Å². The van der Waals surface area contributed by atoms with Gasteiger partial charge in [0.25, 0.3) is 0 Å². The third-order valence-electron chi connectivity index (χ3n) is 4.08. The van der Waals surface area contributed by atoms with Gasteiger partial charge in [-0.3, -0.25) is 0 Å². The zero-order valence-electron chi connectivity index (χ0n) is 13.5. The highest BCUT2D eigenvalue weighted by molar-refractivity contribution is 6.31. The average molecular weight is 343 g/mol. The second kappa shape index (κ2) is 7.47. The van der Waals surface area contributed by atoms with Crippen molar-refractivity contribution < 1.29 is 0 Å². The van der Waals surface area contributed by atoms with E-state index < -0.39 is 0 Å². The van der Waals surface area contributed by atoms with Crippen LogP contribution in [0.2, 0.25) is 5.02 Å². The number of hydrogen-bond donors (Lipinski definition) is 1. The fraction of sp³-hybridized carbons (Fsp3) is 0.353. The summed E-state index contributed by atoms with van der Waals surface area (Å²) in [4.78, 5) is 13.4. The minimum atomic E-state index is 0.229. The summed E-state index contributed by atoms with van der Waals surface area (Å²) in [6, 6.07) is 9.45. The standard InChI is InChI=1S/C17H19ClN6/c1-23-7-9-24(10-8-23)17-13(3-2-6-20-17)12-21-16-5-4-14(18)15(11-19)22-16/h2-6H,7-10,12H2,1H3,(H,21,22). The number of pyridine rings is 2. The number of rotatable bonds is 4. The van der Waals surface area contributed by atoms with E-state index in [2.05, 4.69) is 38.2 Å². The molecule has 0 spiro atoms. The quantitative estimate of drug-likeness (QED) is 0.920. The number of aromatic nitrogens is 2. The van der Waals surface area contributed by atoms with Crippen molar-refractivity contribution in [2.45, 2.75) is 6.54 Å². The third-order valence-corrected chi connectivity index (χ3v) is 4.39. The summed E-state index contributed by atoms with van der Waals surface area (Å²) in [5, 5.41) is 12.6. The van der Waals surface area contributed by atoms with Crippen LogP contribution in [-0.2, 0) is 6.54 Å². The Labute approximate surface area is 146 Å². The normalized spacial score (nSPS) is 15.1. The lowest BCUT2D eigenvalue weighted by Gasteiger charge is -2.34. The van der Waals surface area contributed by atoms with Crippen molar-refractivity contribution in [1.82, 2.24) is 14.9 Å². The predicted octanol–water partition coefficient (Wildman–Crippen LogP) is 2.37. The van der Waals surface area contributed by atoms with Crippen molar-refractivity contribution in [3.05, 3.63) is 46.7 Å². The average Bonchev–Trinajstić information content (AvgIpc) is 2.62. The molecule has 0 aliphatic carbocycles. The van der Waals surface area contributed by atoms with E-state index >= 15 is 0 Å². The third kappa shape index (κ3) is 3.75. The Balaban J connectivity index is 1.73. The molecule has 0 unspecified atom stereocenters. The molecule has 2 aromatic heterocycles. The van der Waals surface area contributed by atoms with E-state index in [1.165, 1.54) is 0 Å². The molecule has 0 atom stereocenters. The molecular formula is C17H19ClN6. The fourth-order valence-corrected chi connectivity index (χ4v) is 2.82. The van der Waals surface area contributed by atoms with E-state index in [1.54, 1.807) is 12.1 Å². The molecule has 1 fully saturated rings. The SMILES string of the molecule is CN1CCN(c2ncccc2CNc2ccc(Cl)c(C#N)n2)CC1. The van der Waals surface area contributed by atoms with Crippen molar-refractivity contribution in [2.24, 2.45) is 0 Å². The Morgan fingerprint density at radius 2 is 2.04 bits per heavy atom. The molecule has 3 rings (SSSR count). The molecule has 0 radical (unpaired) electrons. The maximum absolute atomic E-state index is 9.02. The van der Waals surface area contributed by atoms with Crippen LogP contribution in [0, 0.1) is 11.3 Å². The molecule has 1 aliphatic rings. The molecule has 0 saturated carbocycles. The molecule has 0 bridgehead atoms. The van der Waals surface area contributed by atoms with Gasteiger partial charge < -0.3 is 15.1 Å². The number of nitrogens with one attached hydrogen (secondary N) is 1. The Morgan fingerprint density at radius 3 is 2.79 bits per heavy atom. The summed E-state index contributed by atoms with van der Waals surface area (Å²) in [5.74, 6) is 1.64. The van der Waals surface area contributed by atoms with Gasteiger partial charge in [-0.1, -0.05) is 17.7 Å². The van der Waals surface area contributed by atoms with Gasteiger partial charge in [0.15, 0.2) is 5.69 Å². The Morgan fingerprint density at radius 1 is 1.25 bits per heavy atom. The number of likely N-dealkylation sites (N-methyl/N-ethyl adjacent to an activating group) is 1. The van der Waals surface area contributed by atoms with Crippen LogP contribution >= 0.6 is 11.6 Å². The number of hydrogen-bond acceptors (Lipinski definition) is 6. The van der Waals surface area contributed by atoms with Crippen LogP contribution in [0.3, 0.4) is 0 Å². The lowest BCUT2D eigenvalue weighted by molar-refractivity contribution is 0.312. The monoisotopic (exact) mass is 342 g/mol. The van der Waals surface area contributed by atoms with Gasteiger partial charge in [-0.2, -0.15) is 5.26 Å². The van der Waals surface area contributed by atoms with Crippen LogP contribution in [0.4, 0.5) is 11.6 Å². The van der Waals surface area contributed by atoms with Crippen LogP contribution in [0.5, 0.6) is 0 Å². The summed E-state index contributed by atoms with van der Waals surface area (Å²) < 4.78 is 0. The van der Waals surface area contributed by atoms with Gasteiger partial charge in [-0.05, 0) is 25.2 Å². The highest BCUT2D eigenvalue weighted by atomic mass is 35.5. The van der Waals surface area contributed by atoms with Gasteiger partial charge in [0.2, 0.25) is 0 Å². The van der Waals surface area contributed by atoms with E-state index in [0.29, 0.717) is 17.4 Å². The van der Waals surface area contributed by atoms with Gasteiger partial charge >= 0.3 is 0 Å². The summed E-state index contributed by atoms with van der Waals surface area (Å²) >= 11 is 5.92. The first-order valence-corrected chi connectivity index (χ1v) is 8.23. The number of nitriles is 1. The smallest absolute Gasteiger partial charge is 0.161 e. The molecule has 3 heterocycles. The zero-order valence-corrected chi connectivity index (χ0v) is 14.3. The van der Waals surface area contributed by atoms with Gasteiger partial charge in [0.05, 0.1) is 5.02 Å². The maximum atomic E-state index is 9.02. The number of piperazine rings is 1. The first-order chi connectivity index (χ1) is 11.7. The molecule has 6 nitrogen and oxygen atoms in total. The largest absolute Gasteiger partial charge is 0.366 e. The lowest BCUT2D eigenvalue weighted by Crippen LogP contribution is -2.45. The second-order valence-electron chi connectivity index (χ2n) is 5.77. The minimum absolute atomic E-state index is 0.229. The van der Waals surface area contributed by atoms with Crippen LogP contribution in [0.25, 0.3) is 0 Å². The lowest BCUT2D eigenvalue weighted by atomic mass is 10.2. The van der Waals surface area contributed by atoms with Gasteiger partial charge in [0, 0.05) is 44.5 Å². The van der Waals surface area contributed by atoms with Crippen molar-refractivity contribution in [2.75, 3.05) is 43.4 Å². The minimum Gasteiger partial charge on any atom is -0.366 e. The number of anilines is 2. The van der Waals surface area contributed by atoms with Crippen LogP contribution in [-0.4, -0.2) is 48.1 Å². The first kappa shape index (κ1) is 16.5. The molecular weight excluding hydrogens is 324 g/mol. The molecule has 7 heteroatoms. The van der Waals surface area contributed by atoms with E-state index in [9.17, 15) is 0 Å². The number of halogens is 1. The van der Waals surface area contributed by atoms with Crippen molar-refractivity contribution in [3.8, 4) is 6.07 Å². The zero-order chi connectivity index (χ0) is 16.9. The van der Waals surface area contributed by atoms with Gasteiger partial charge in [-0.15, -0.1) is 0 Å². The Hall–Kier alpha value is -2.36. The van der Waals surface area contributed by atoms with Crippen molar-refractivity contribution in [1.29, 1.82) is 5.26 Å². The first-order valence-electron chi connectivity index (χ1n) is 7.85. The topological polar surface area (TPSA) is 68.1 Å². The summed E-state index contributed by atoms with van der Waals surface area (Å²) in [6.07, 6.45) is 1.82. The molecule has 1 saturated heterocycles. The molecule has 1 aliphatic heterocycles. The summed E-state index contributed by atoms with van der Waals surface area (Å²) in [7, 11) is 2.14. The van der Waals surface area contributed by atoms with Gasteiger partial charge in [0.1, 0.15) is 17.7 Å². The number of nitrogens with zero attached hydrogens (tertiary/aromatic N) is 5. The van der Waals surface area contributed by atoms with Crippen LogP contribution in [0.1, 0.15) is 11.3 Å². The Bertz CT molecular complexity index is 749. The molecule has 0 amide bonds. The summed E-state index contributed by atoms with van der Waals surface area (Å²) in [5.41, 5.74) is 1.34.